The highest BCUT2D eigenvalue weighted by Crippen LogP contribution is 2.19. The summed E-state index contributed by atoms with van der Waals surface area (Å²) in [7, 11) is -3.58. The number of aliphatic hydroxyl groups is 1. The SMILES string of the molecule is CCN(CC)S(=O)(=O)Nc1ccc(C)cc1C#CCCO. The van der Waals surface area contributed by atoms with E-state index in [1.54, 1.807) is 19.9 Å². The summed E-state index contributed by atoms with van der Waals surface area (Å²) in [6.07, 6.45) is 0.357. The number of nitrogens with zero attached hydrogens (tertiary/aromatic N) is 1. The Morgan fingerprint density at radius 2 is 1.95 bits per heavy atom. The van der Waals surface area contributed by atoms with Gasteiger partial charge >= 0.3 is 10.2 Å². The highest BCUT2D eigenvalue weighted by molar-refractivity contribution is 7.90. The topological polar surface area (TPSA) is 69.6 Å². The molecule has 5 nitrogen and oxygen atoms in total. The zero-order chi connectivity index (χ0) is 15.9. The molecule has 1 rings (SSSR count). The molecule has 0 unspecified atom stereocenters. The van der Waals surface area contributed by atoms with Crippen molar-refractivity contribution in [3.05, 3.63) is 29.3 Å². The minimum atomic E-state index is -3.58. The molecule has 1 aromatic rings. The summed E-state index contributed by atoms with van der Waals surface area (Å²) in [5.41, 5.74) is 2.06. The first-order chi connectivity index (χ1) is 9.94. The molecule has 0 amide bonds. The number of nitrogens with one attached hydrogen (secondary N) is 1. The van der Waals surface area contributed by atoms with Crippen molar-refractivity contribution >= 4 is 15.9 Å². The molecular formula is C15H22N2O3S. The van der Waals surface area contributed by atoms with Crippen LogP contribution in [0, 0.1) is 18.8 Å². The Morgan fingerprint density at radius 1 is 1.29 bits per heavy atom. The van der Waals surface area contributed by atoms with Crippen molar-refractivity contribution in [3.8, 4) is 11.8 Å². The number of hydrogen-bond donors (Lipinski definition) is 2. The van der Waals surface area contributed by atoms with E-state index < -0.39 is 10.2 Å². The van der Waals surface area contributed by atoms with Crippen LogP contribution in [0.25, 0.3) is 0 Å². The van der Waals surface area contributed by atoms with E-state index in [1.807, 2.05) is 19.1 Å². The van der Waals surface area contributed by atoms with Gasteiger partial charge in [0.15, 0.2) is 0 Å². The first-order valence-corrected chi connectivity index (χ1v) is 8.36. The normalized spacial score (nSPS) is 11.1. The van der Waals surface area contributed by atoms with Gasteiger partial charge in [0, 0.05) is 25.1 Å². The number of rotatable bonds is 6. The molecule has 116 valence electrons. The number of aryl methyl sites for hydroxylation is 1. The quantitative estimate of drug-likeness (QED) is 0.786. The van der Waals surface area contributed by atoms with Crippen molar-refractivity contribution in [1.29, 1.82) is 0 Å². The van der Waals surface area contributed by atoms with E-state index in [-0.39, 0.29) is 6.61 Å². The predicted molar refractivity (Wildman–Crippen MR) is 85.2 cm³/mol. The summed E-state index contributed by atoms with van der Waals surface area (Å²) in [6.45, 7) is 6.30. The maximum atomic E-state index is 12.3. The summed E-state index contributed by atoms with van der Waals surface area (Å²) in [5.74, 6) is 5.71. The van der Waals surface area contributed by atoms with Gasteiger partial charge in [-0.3, -0.25) is 4.72 Å². The van der Waals surface area contributed by atoms with Crippen LogP contribution in [0.1, 0.15) is 31.4 Å². The lowest BCUT2D eigenvalue weighted by Crippen LogP contribution is -2.35. The maximum Gasteiger partial charge on any atom is 0.301 e. The van der Waals surface area contributed by atoms with Crippen LogP contribution in [0.15, 0.2) is 18.2 Å². The van der Waals surface area contributed by atoms with Crippen LogP contribution in [0.2, 0.25) is 0 Å². The summed E-state index contributed by atoms with van der Waals surface area (Å²) < 4.78 is 28.4. The molecule has 0 bridgehead atoms. The van der Waals surface area contributed by atoms with E-state index in [9.17, 15) is 8.42 Å². The molecule has 0 aromatic heterocycles. The van der Waals surface area contributed by atoms with Crippen molar-refractivity contribution in [1.82, 2.24) is 4.31 Å². The third kappa shape index (κ3) is 5.05. The van der Waals surface area contributed by atoms with Gasteiger partial charge in [-0.1, -0.05) is 31.8 Å². The average molecular weight is 310 g/mol. The molecule has 0 aliphatic carbocycles. The predicted octanol–water partition coefficient (Wildman–Crippen LogP) is 1.73. The van der Waals surface area contributed by atoms with E-state index in [4.69, 9.17) is 5.11 Å². The summed E-state index contributed by atoms with van der Waals surface area (Å²) in [4.78, 5) is 0. The van der Waals surface area contributed by atoms with E-state index in [0.717, 1.165) is 5.56 Å². The Hall–Kier alpha value is -1.55. The van der Waals surface area contributed by atoms with Gasteiger partial charge in [0.2, 0.25) is 0 Å². The number of anilines is 1. The molecule has 0 spiro atoms. The van der Waals surface area contributed by atoms with Crippen molar-refractivity contribution in [2.45, 2.75) is 27.2 Å². The van der Waals surface area contributed by atoms with Gasteiger partial charge < -0.3 is 5.11 Å². The molecule has 0 fully saturated rings. The van der Waals surface area contributed by atoms with Crippen molar-refractivity contribution in [3.63, 3.8) is 0 Å². The lowest BCUT2D eigenvalue weighted by atomic mass is 10.1. The Balaban J connectivity index is 3.11. The van der Waals surface area contributed by atoms with Crippen molar-refractivity contribution in [2.24, 2.45) is 0 Å². The highest BCUT2D eigenvalue weighted by atomic mass is 32.2. The fourth-order valence-electron chi connectivity index (χ4n) is 1.83. The molecule has 0 atom stereocenters. The van der Waals surface area contributed by atoms with Crippen LogP contribution >= 0.6 is 0 Å². The first kappa shape index (κ1) is 17.5. The van der Waals surface area contributed by atoms with Gasteiger partial charge in [-0.05, 0) is 24.6 Å². The summed E-state index contributed by atoms with van der Waals surface area (Å²) in [6, 6.07) is 5.36. The second kappa shape index (κ2) is 8.03. The lowest BCUT2D eigenvalue weighted by Gasteiger charge is -2.20. The maximum absolute atomic E-state index is 12.3. The van der Waals surface area contributed by atoms with Crippen LogP contribution in [-0.4, -0.2) is 37.5 Å². The third-order valence-corrected chi connectivity index (χ3v) is 4.59. The number of aliphatic hydroxyl groups excluding tert-OH is 1. The minimum Gasteiger partial charge on any atom is -0.395 e. The number of benzene rings is 1. The monoisotopic (exact) mass is 310 g/mol. The second-order valence-corrected chi connectivity index (χ2v) is 6.19. The molecule has 21 heavy (non-hydrogen) atoms. The molecule has 0 heterocycles. The second-order valence-electron chi connectivity index (χ2n) is 4.52. The summed E-state index contributed by atoms with van der Waals surface area (Å²) >= 11 is 0. The lowest BCUT2D eigenvalue weighted by molar-refractivity contribution is 0.305. The highest BCUT2D eigenvalue weighted by Gasteiger charge is 2.19. The molecule has 2 N–H and O–H groups in total. The van der Waals surface area contributed by atoms with Gasteiger partial charge in [-0.2, -0.15) is 12.7 Å². The minimum absolute atomic E-state index is 0.0146. The zero-order valence-electron chi connectivity index (χ0n) is 12.7. The molecule has 0 aliphatic heterocycles. The van der Waals surface area contributed by atoms with Gasteiger partial charge in [0.05, 0.1) is 12.3 Å². The van der Waals surface area contributed by atoms with Gasteiger partial charge in [0.25, 0.3) is 0 Å². The fourth-order valence-corrected chi connectivity index (χ4v) is 3.10. The average Bonchev–Trinajstić information content (AvgIpc) is 2.43. The van der Waals surface area contributed by atoms with E-state index >= 15 is 0 Å². The van der Waals surface area contributed by atoms with E-state index in [0.29, 0.717) is 30.8 Å². The van der Waals surface area contributed by atoms with Crippen molar-refractivity contribution < 1.29 is 13.5 Å². The molecule has 6 heteroatoms. The zero-order valence-corrected chi connectivity index (χ0v) is 13.5. The first-order valence-electron chi connectivity index (χ1n) is 6.92. The summed E-state index contributed by atoms with van der Waals surface area (Å²) in [5, 5.41) is 8.77. The van der Waals surface area contributed by atoms with E-state index in [1.165, 1.54) is 4.31 Å². The molecule has 1 aromatic carbocycles. The Kier molecular flexibility index (Phi) is 6.69. The third-order valence-electron chi connectivity index (χ3n) is 2.92. The molecular weight excluding hydrogens is 288 g/mol. The van der Waals surface area contributed by atoms with Crippen LogP contribution in [-0.2, 0) is 10.2 Å². The largest absolute Gasteiger partial charge is 0.395 e. The Labute approximate surface area is 127 Å². The van der Waals surface area contributed by atoms with E-state index in [2.05, 4.69) is 16.6 Å². The van der Waals surface area contributed by atoms with Gasteiger partial charge in [0.1, 0.15) is 0 Å². The van der Waals surface area contributed by atoms with Crippen LogP contribution in [0.3, 0.4) is 0 Å². The van der Waals surface area contributed by atoms with Crippen LogP contribution in [0.4, 0.5) is 5.69 Å². The smallest absolute Gasteiger partial charge is 0.301 e. The van der Waals surface area contributed by atoms with Crippen molar-refractivity contribution in [2.75, 3.05) is 24.4 Å². The molecule has 0 aliphatic rings. The standard InChI is InChI=1S/C15H22N2O3S/c1-4-17(5-2)21(19,20)16-15-10-9-13(3)12-14(15)8-6-7-11-18/h9-10,12,16,18H,4-5,7,11H2,1-3H3. The molecule has 0 saturated carbocycles. The molecule has 0 radical (unpaired) electrons. The van der Waals surface area contributed by atoms with Crippen LogP contribution in [0.5, 0.6) is 0 Å². The van der Waals surface area contributed by atoms with Gasteiger partial charge in [-0.25, -0.2) is 0 Å². The molecule has 0 saturated heterocycles. The Bertz CT molecular complexity index is 626. The van der Waals surface area contributed by atoms with Gasteiger partial charge in [-0.15, -0.1) is 0 Å². The van der Waals surface area contributed by atoms with Crippen LogP contribution < -0.4 is 4.72 Å². The number of hydrogen-bond acceptors (Lipinski definition) is 3. The fraction of sp³-hybridized carbons (Fsp3) is 0.467. The Morgan fingerprint density at radius 3 is 2.52 bits per heavy atom.